The fourth-order valence-corrected chi connectivity index (χ4v) is 1.43. The molecule has 0 atom stereocenters. The molecule has 2 rings (SSSR count). The lowest BCUT2D eigenvalue weighted by Crippen LogP contribution is -2.12. The van der Waals surface area contributed by atoms with Gasteiger partial charge in [-0.3, -0.25) is 9.78 Å². The fourth-order valence-electron chi connectivity index (χ4n) is 1.43. The number of ether oxygens (including phenoxy) is 2. The molecule has 0 saturated carbocycles. The van der Waals surface area contributed by atoms with Crippen molar-refractivity contribution >= 4 is 0 Å². The number of hydrogen-bond donors (Lipinski definition) is 1. The number of nitrogens with one attached hydrogen (secondary N) is 1. The summed E-state index contributed by atoms with van der Waals surface area (Å²) in [5.74, 6) is 0.765. The number of methoxy groups -OCH3 is 1. The van der Waals surface area contributed by atoms with Crippen LogP contribution in [0.25, 0.3) is 0 Å². The Bertz CT molecular complexity index is 593. The highest BCUT2D eigenvalue weighted by Crippen LogP contribution is 2.13. The first kappa shape index (κ1) is 12.2. The van der Waals surface area contributed by atoms with Crippen LogP contribution in [0.4, 0.5) is 0 Å². The standard InChI is InChI=1S/C13H14N2O3/c1-9-7-14-13(15-12(9)16)18-8-10-4-3-5-11(6-10)17-2/h3-7H,8H2,1-2H3,(H,14,15,16). The van der Waals surface area contributed by atoms with Gasteiger partial charge in [0.25, 0.3) is 11.6 Å². The summed E-state index contributed by atoms with van der Waals surface area (Å²) < 4.78 is 10.5. The van der Waals surface area contributed by atoms with E-state index in [0.29, 0.717) is 12.2 Å². The van der Waals surface area contributed by atoms with Crippen molar-refractivity contribution in [2.75, 3.05) is 7.11 Å². The Kier molecular flexibility index (Phi) is 3.62. The Hall–Kier alpha value is -2.30. The first-order valence-corrected chi connectivity index (χ1v) is 5.50. The number of aromatic amines is 1. The van der Waals surface area contributed by atoms with Gasteiger partial charge in [0.05, 0.1) is 7.11 Å². The Morgan fingerprint density at radius 2 is 2.22 bits per heavy atom. The van der Waals surface area contributed by atoms with Crippen LogP contribution in [0.2, 0.25) is 0 Å². The molecule has 0 aliphatic carbocycles. The van der Waals surface area contributed by atoms with Crippen molar-refractivity contribution in [2.24, 2.45) is 0 Å². The van der Waals surface area contributed by atoms with Gasteiger partial charge < -0.3 is 9.47 Å². The first-order chi connectivity index (χ1) is 8.69. The van der Waals surface area contributed by atoms with Crippen molar-refractivity contribution in [1.29, 1.82) is 0 Å². The zero-order valence-corrected chi connectivity index (χ0v) is 10.3. The average Bonchev–Trinajstić information content (AvgIpc) is 2.40. The van der Waals surface area contributed by atoms with Crippen molar-refractivity contribution in [2.45, 2.75) is 13.5 Å². The molecule has 1 heterocycles. The molecule has 1 aromatic heterocycles. The minimum atomic E-state index is -0.189. The molecule has 1 N–H and O–H groups in total. The number of benzene rings is 1. The maximum absolute atomic E-state index is 11.4. The molecule has 94 valence electrons. The molecule has 2 aromatic rings. The van der Waals surface area contributed by atoms with E-state index in [0.717, 1.165) is 11.3 Å². The molecule has 0 radical (unpaired) electrons. The Morgan fingerprint density at radius 3 is 2.94 bits per heavy atom. The number of H-pyrrole nitrogens is 1. The molecule has 0 aliphatic heterocycles. The number of aromatic nitrogens is 2. The van der Waals surface area contributed by atoms with E-state index >= 15 is 0 Å². The number of hydrogen-bond acceptors (Lipinski definition) is 4. The molecule has 5 heteroatoms. The molecule has 0 saturated heterocycles. The van der Waals surface area contributed by atoms with E-state index in [4.69, 9.17) is 9.47 Å². The van der Waals surface area contributed by atoms with Crippen LogP contribution < -0.4 is 15.0 Å². The third-order valence-corrected chi connectivity index (χ3v) is 2.46. The third kappa shape index (κ3) is 2.88. The largest absolute Gasteiger partial charge is 0.497 e. The number of rotatable bonds is 4. The van der Waals surface area contributed by atoms with Gasteiger partial charge in [0.2, 0.25) is 0 Å². The van der Waals surface area contributed by atoms with Gasteiger partial charge >= 0.3 is 0 Å². The topological polar surface area (TPSA) is 64.2 Å². The summed E-state index contributed by atoms with van der Waals surface area (Å²) in [7, 11) is 1.61. The maximum Gasteiger partial charge on any atom is 0.296 e. The second kappa shape index (κ2) is 5.35. The Morgan fingerprint density at radius 1 is 1.39 bits per heavy atom. The molecule has 0 amide bonds. The lowest BCUT2D eigenvalue weighted by atomic mass is 10.2. The van der Waals surface area contributed by atoms with E-state index < -0.39 is 0 Å². The highest BCUT2D eigenvalue weighted by Gasteiger charge is 2.01. The molecule has 5 nitrogen and oxygen atoms in total. The smallest absolute Gasteiger partial charge is 0.296 e. The molecule has 0 fully saturated rings. The van der Waals surface area contributed by atoms with Crippen LogP contribution in [-0.4, -0.2) is 17.1 Å². The van der Waals surface area contributed by atoms with E-state index in [9.17, 15) is 4.79 Å². The van der Waals surface area contributed by atoms with E-state index in [2.05, 4.69) is 9.97 Å². The SMILES string of the molecule is COc1cccc(COc2ncc(C)c(=O)[nH]2)c1. The average molecular weight is 246 g/mol. The van der Waals surface area contributed by atoms with Crippen LogP contribution in [0.5, 0.6) is 11.8 Å². The van der Waals surface area contributed by atoms with Crippen LogP contribution in [-0.2, 0) is 6.61 Å². The van der Waals surface area contributed by atoms with Gasteiger partial charge in [0.15, 0.2) is 0 Å². The zero-order chi connectivity index (χ0) is 13.0. The molecular weight excluding hydrogens is 232 g/mol. The molecule has 0 aliphatic rings. The molecule has 0 unspecified atom stereocenters. The fraction of sp³-hybridized carbons (Fsp3) is 0.231. The third-order valence-electron chi connectivity index (χ3n) is 2.46. The van der Waals surface area contributed by atoms with Crippen LogP contribution in [0, 0.1) is 6.92 Å². The van der Waals surface area contributed by atoms with E-state index in [1.54, 1.807) is 14.0 Å². The molecule has 1 aromatic carbocycles. The summed E-state index contributed by atoms with van der Waals surface area (Å²) in [6, 6.07) is 7.73. The van der Waals surface area contributed by atoms with Crippen LogP contribution >= 0.6 is 0 Å². The molecule has 0 bridgehead atoms. The molecular formula is C13H14N2O3. The van der Waals surface area contributed by atoms with Gasteiger partial charge in [-0.1, -0.05) is 12.1 Å². The highest BCUT2D eigenvalue weighted by atomic mass is 16.5. The summed E-state index contributed by atoms with van der Waals surface area (Å²) in [5.41, 5.74) is 1.31. The number of aryl methyl sites for hydroxylation is 1. The van der Waals surface area contributed by atoms with Crippen molar-refractivity contribution < 1.29 is 9.47 Å². The second-order valence-electron chi connectivity index (χ2n) is 3.84. The maximum atomic E-state index is 11.4. The van der Waals surface area contributed by atoms with E-state index in [-0.39, 0.29) is 11.6 Å². The predicted molar refractivity (Wildman–Crippen MR) is 66.9 cm³/mol. The zero-order valence-electron chi connectivity index (χ0n) is 10.3. The molecule has 0 spiro atoms. The van der Waals surface area contributed by atoms with E-state index in [1.807, 2.05) is 24.3 Å². The normalized spacial score (nSPS) is 10.1. The van der Waals surface area contributed by atoms with Gasteiger partial charge in [-0.05, 0) is 24.6 Å². The summed E-state index contributed by atoms with van der Waals surface area (Å²) in [5, 5.41) is 0. The van der Waals surface area contributed by atoms with Gasteiger partial charge in [-0.2, -0.15) is 0 Å². The summed E-state index contributed by atoms with van der Waals surface area (Å²) in [6.45, 7) is 2.01. The Balaban J connectivity index is 2.06. The lowest BCUT2D eigenvalue weighted by Gasteiger charge is -2.06. The van der Waals surface area contributed by atoms with E-state index in [1.165, 1.54) is 6.20 Å². The minimum Gasteiger partial charge on any atom is -0.497 e. The predicted octanol–water partition coefficient (Wildman–Crippen LogP) is 1.67. The van der Waals surface area contributed by atoms with Crippen molar-refractivity contribution in [3.8, 4) is 11.8 Å². The Labute approximate surface area is 104 Å². The summed E-state index contributed by atoms with van der Waals surface area (Å²) in [4.78, 5) is 17.9. The van der Waals surface area contributed by atoms with Crippen molar-refractivity contribution in [3.05, 3.63) is 51.9 Å². The van der Waals surface area contributed by atoms with Crippen LogP contribution in [0.3, 0.4) is 0 Å². The molecule has 18 heavy (non-hydrogen) atoms. The number of nitrogens with zero attached hydrogens (tertiary/aromatic N) is 1. The first-order valence-electron chi connectivity index (χ1n) is 5.50. The van der Waals surface area contributed by atoms with Crippen molar-refractivity contribution in [3.63, 3.8) is 0 Å². The quantitative estimate of drug-likeness (QED) is 0.891. The lowest BCUT2D eigenvalue weighted by molar-refractivity contribution is 0.279. The van der Waals surface area contributed by atoms with Gasteiger partial charge in [0.1, 0.15) is 12.4 Å². The van der Waals surface area contributed by atoms with Crippen LogP contribution in [0.1, 0.15) is 11.1 Å². The van der Waals surface area contributed by atoms with Crippen molar-refractivity contribution in [1.82, 2.24) is 9.97 Å². The van der Waals surface area contributed by atoms with Gasteiger partial charge in [-0.15, -0.1) is 0 Å². The summed E-state index contributed by atoms with van der Waals surface area (Å²) in [6.07, 6.45) is 1.49. The van der Waals surface area contributed by atoms with Gasteiger partial charge in [0, 0.05) is 11.8 Å². The summed E-state index contributed by atoms with van der Waals surface area (Å²) >= 11 is 0. The van der Waals surface area contributed by atoms with Crippen LogP contribution in [0.15, 0.2) is 35.3 Å². The highest BCUT2D eigenvalue weighted by molar-refractivity contribution is 5.28. The minimum absolute atomic E-state index is 0.189. The second-order valence-corrected chi connectivity index (χ2v) is 3.84. The van der Waals surface area contributed by atoms with Gasteiger partial charge in [-0.25, -0.2) is 4.98 Å². The monoisotopic (exact) mass is 246 g/mol.